The van der Waals surface area contributed by atoms with Gasteiger partial charge >= 0.3 is 0 Å². The number of hydrogen-bond acceptors (Lipinski definition) is 3. The number of fused-ring (bicyclic) bond motifs is 1. The number of carbonyl (C=O) groups is 2. The van der Waals surface area contributed by atoms with Gasteiger partial charge in [0.25, 0.3) is 0 Å². The molecule has 3 aromatic rings. The van der Waals surface area contributed by atoms with E-state index in [0.29, 0.717) is 36.0 Å². The van der Waals surface area contributed by atoms with Crippen LogP contribution < -0.4 is 10.1 Å². The van der Waals surface area contributed by atoms with Crippen LogP contribution in [0.5, 0.6) is 5.75 Å². The van der Waals surface area contributed by atoms with Crippen LogP contribution in [0.2, 0.25) is 5.02 Å². The van der Waals surface area contributed by atoms with Crippen molar-refractivity contribution in [1.29, 1.82) is 0 Å². The Morgan fingerprint density at radius 1 is 1.22 bits per heavy atom. The van der Waals surface area contributed by atoms with E-state index in [9.17, 15) is 9.59 Å². The highest BCUT2D eigenvalue weighted by Gasteiger charge is 2.58. The molecule has 1 saturated heterocycles. The molecule has 5 rings (SSSR count). The Morgan fingerprint density at radius 3 is 2.75 bits per heavy atom. The molecule has 0 radical (unpaired) electrons. The maximum absolute atomic E-state index is 12.9. The number of likely N-dealkylation sites (tertiary alicyclic amines) is 1. The first kappa shape index (κ1) is 20.9. The Labute approximate surface area is 191 Å². The van der Waals surface area contributed by atoms with Crippen LogP contribution in [-0.4, -0.2) is 41.9 Å². The number of nitrogens with one attached hydrogen (secondary N) is 2. The molecule has 6 nitrogen and oxygen atoms in total. The van der Waals surface area contributed by atoms with Gasteiger partial charge in [-0.3, -0.25) is 9.59 Å². The molecule has 7 heteroatoms. The molecule has 2 heterocycles. The lowest BCUT2D eigenvalue weighted by atomic mass is 9.90. The summed E-state index contributed by atoms with van der Waals surface area (Å²) in [5.41, 5.74) is 2.79. The lowest BCUT2D eigenvalue weighted by molar-refractivity contribution is -0.132. The largest absolute Gasteiger partial charge is 0.495 e. The second-order valence-corrected chi connectivity index (χ2v) is 9.28. The number of aromatic amines is 1. The van der Waals surface area contributed by atoms with Gasteiger partial charge in [-0.2, -0.15) is 0 Å². The summed E-state index contributed by atoms with van der Waals surface area (Å²) in [4.78, 5) is 30.9. The molecule has 0 bridgehead atoms. The van der Waals surface area contributed by atoms with Gasteiger partial charge in [0.2, 0.25) is 11.8 Å². The van der Waals surface area contributed by atoms with Gasteiger partial charge in [0.15, 0.2) is 0 Å². The number of methoxy groups -OCH3 is 1. The third kappa shape index (κ3) is 3.84. The second kappa shape index (κ2) is 8.17. The van der Waals surface area contributed by atoms with Gasteiger partial charge < -0.3 is 19.9 Å². The first-order valence-corrected chi connectivity index (χ1v) is 11.3. The maximum Gasteiger partial charge on any atom is 0.228 e. The third-order valence-electron chi connectivity index (χ3n) is 7.05. The zero-order valence-electron chi connectivity index (χ0n) is 18.0. The smallest absolute Gasteiger partial charge is 0.228 e. The minimum Gasteiger partial charge on any atom is -0.495 e. The molecular weight excluding hydrogens is 426 g/mol. The number of nitrogens with zero attached hydrogens (tertiary/aromatic N) is 1. The van der Waals surface area contributed by atoms with Crippen LogP contribution >= 0.6 is 11.6 Å². The zero-order chi connectivity index (χ0) is 22.3. The number of amides is 2. The standard InChI is InChI=1S/C25H26ClN3O3/c1-32-22-7-6-17(13-20(22)26)28-24(31)19-14-25(19)8-10-29(11-9-25)23(30)12-16-15-27-21-5-3-2-4-18(16)21/h2-7,13,15,19,27H,8-12,14H2,1H3,(H,28,31)/t19-/m0/s1. The summed E-state index contributed by atoms with van der Waals surface area (Å²) in [5, 5.41) is 4.56. The summed E-state index contributed by atoms with van der Waals surface area (Å²) in [7, 11) is 1.56. The van der Waals surface area contributed by atoms with Crippen molar-refractivity contribution in [3.8, 4) is 5.75 Å². The van der Waals surface area contributed by atoms with Crippen molar-refractivity contribution in [2.24, 2.45) is 11.3 Å². The van der Waals surface area contributed by atoms with Crippen LogP contribution in [0.1, 0.15) is 24.8 Å². The average Bonchev–Trinajstić information content (AvgIpc) is 3.35. The van der Waals surface area contributed by atoms with Crippen LogP contribution in [0.3, 0.4) is 0 Å². The van der Waals surface area contributed by atoms with Crippen LogP contribution in [0.25, 0.3) is 10.9 Å². The number of aromatic nitrogens is 1. The second-order valence-electron chi connectivity index (χ2n) is 8.87. The Morgan fingerprint density at radius 2 is 2.00 bits per heavy atom. The van der Waals surface area contributed by atoms with Crippen molar-refractivity contribution in [1.82, 2.24) is 9.88 Å². The molecule has 2 fully saturated rings. The number of hydrogen-bond donors (Lipinski definition) is 2. The van der Waals surface area contributed by atoms with Gasteiger partial charge in [-0.15, -0.1) is 0 Å². The Balaban J connectivity index is 1.16. The molecular formula is C25H26ClN3O3. The minimum absolute atomic E-state index is 0.00533. The van der Waals surface area contributed by atoms with Gasteiger partial charge in [0, 0.05) is 41.8 Å². The Bertz CT molecular complexity index is 1180. The average molecular weight is 452 g/mol. The number of piperidine rings is 1. The lowest BCUT2D eigenvalue weighted by Gasteiger charge is -2.33. The quantitative estimate of drug-likeness (QED) is 0.593. The lowest BCUT2D eigenvalue weighted by Crippen LogP contribution is -2.41. The van der Waals surface area contributed by atoms with Gasteiger partial charge in [0.1, 0.15) is 5.75 Å². The first-order chi connectivity index (χ1) is 15.5. The van der Waals surface area contributed by atoms with Gasteiger partial charge in [0.05, 0.1) is 18.6 Å². The van der Waals surface area contributed by atoms with E-state index in [1.807, 2.05) is 35.4 Å². The molecule has 2 aromatic carbocycles. The number of halogens is 1. The molecule has 1 aliphatic heterocycles. The van der Waals surface area contributed by atoms with Crippen LogP contribution in [-0.2, 0) is 16.0 Å². The van der Waals surface area contributed by atoms with E-state index in [1.54, 1.807) is 25.3 Å². The number of anilines is 1. The summed E-state index contributed by atoms with van der Waals surface area (Å²) < 4.78 is 5.16. The minimum atomic E-state index is -0.00533. The number of para-hydroxylation sites is 1. The molecule has 2 N–H and O–H groups in total. The van der Waals surface area contributed by atoms with Crippen LogP contribution in [0.4, 0.5) is 5.69 Å². The summed E-state index contributed by atoms with van der Waals surface area (Å²) in [6.45, 7) is 1.42. The molecule has 0 unspecified atom stereocenters. The van der Waals surface area contributed by atoms with E-state index in [-0.39, 0.29) is 23.1 Å². The van der Waals surface area contributed by atoms with Crippen molar-refractivity contribution in [3.05, 3.63) is 59.2 Å². The fourth-order valence-electron chi connectivity index (χ4n) is 5.00. The number of carbonyl (C=O) groups excluding carboxylic acids is 2. The Kier molecular flexibility index (Phi) is 5.33. The van der Waals surface area contributed by atoms with Gasteiger partial charge in [-0.1, -0.05) is 29.8 Å². The molecule has 1 aliphatic carbocycles. The van der Waals surface area contributed by atoms with Gasteiger partial charge in [-0.05, 0) is 54.5 Å². The normalized spacial score (nSPS) is 19.2. The van der Waals surface area contributed by atoms with Crippen molar-refractivity contribution in [3.63, 3.8) is 0 Å². The van der Waals surface area contributed by atoms with E-state index < -0.39 is 0 Å². The van der Waals surface area contributed by atoms with Crippen molar-refractivity contribution < 1.29 is 14.3 Å². The van der Waals surface area contributed by atoms with Crippen LogP contribution in [0.15, 0.2) is 48.7 Å². The molecule has 1 aromatic heterocycles. The third-order valence-corrected chi connectivity index (χ3v) is 7.35. The highest BCUT2D eigenvalue weighted by atomic mass is 35.5. The highest BCUT2D eigenvalue weighted by molar-refractivity contribution is 6.32. The van der Waals surface area contributed by atoms with E-state index >= 15 is 0 Å². The van der Waals surface area contributed by atoms with Crippen molar-refractivity contribution in [2.45, 2.75) is 25.7 Å². The predicted octanol–water partition coefficient (Wildman–Crippen LogP) is 4.64. The molecule has 1 spiro atoms. The van der Waals surface area contributed by atoms with Crippen molar-refractivity contribution >= 4 is 40.0 Å². The van der Waals surface area contributed by atoms with E-state index in [4.69, 9.17) is 16.3 Å². The van der Waals surface area contributed by atoms with Crippen molar-refractivity contribution in [2.75, 3.05) is 25.5 Å². The summed E-state index contributed by atoms with van der Waals surface area (Å²) in [5.74, 6) is 0.760. The summed E-state index contributed by atoms with van der Waals surface area (Å²) in [6.07, 6.45) is 4.95. The molecule has 1 saturated carbocycles. The number of ether oxygens (including phenoxy) is 1. The molecule has 1 atom stereocenters. The number of H-pyrrole nitrogens is 1. The topological polar surface area (TPSA) is 74.4 Å². The van der Waals surface area contributed by atoms with Gasteiger partial charge in [-0.25, -0.2) is 0 Å². The summed E-state index contributed by atoms with van der Waals surface area (Å²) in [6, 6.07) is 13.3. The monoisotopic (exact) mass is 451 g/mol. The van der Waals surface area contributed by atoms with E-state index in [2.05, 4.69) is 10.3 Å². The fourth-order valence-corrected chi connectivity index (χ4v) is 5.26. The first-order valence-electron chi connectivity index (χ1n) is 11.0. The number of benzene rings is 2. The molecule has 2 amide bonds. The fraction of sp³-hybridized carbons (Fsp3) is 0.360. The maximum atomic E-state index is 12.9. The SMILES string of the molecule is COc1ccc(NC(=O)[C@@H]2CC23CCN(C(=O)Cc2c[nH]c4ccccc24)CC3)cc1Cl. The molecule has 32 heavy (non-hydrogen) atoms. The number of rotatable bonds is 5. The summed E-state index contributed by atoms with van der Waals surface area (Å²) >= 11 is 6.16. The van der Waals surface area contributed by atoms with Crippen LogP contribution in [0, 0.1) is 11.3 Å². The predicted molar refractivity (Wildman–Crippen MR) is 125 cm³/mol. The van der Waals surface area contributed by atoms with E-state index in [1.165, 1.54) is 0 Å². The highest BCUT2D eigenvalue weighted by Crippen LogP contribution is 2.59. The zero-order valence-corrected chi connectivity index (χ0v) is 18.7. The molecule has 2 aliphatic rings. The Hall–Kier alpha value is -2.99. The molecule has 166 valence electrons. The van der Waals surface area contributed by atoms with E-state index in [0.717, 1.165) is 35.7 Å².